The Morgan fingerprint density at radius 1 is 1.30 bits per heavy atom. The highest BCUT2D eigenvalue weighted by Crippen LogP contribution is 2.27. The molecule has 1 aliphatic rings. The number of nitrogens with one attached hydrogen (secondary N) is 1. The summed E-state index contributed by atoms with van der Waals surface area (Å²) in [4.78, 5) is 12.2. The van der Waals surface area contributed by atoms with Gasteiger partial charge in [0.15, 0.2) is 0 Å². The number of hydrogen-bond acceptors (Lipinski definition) is 2. The predicted molar refractivity (Wildman–Crippen MR) is 74.6 cm³/mol. The van der Waals surface area contributed by atoms with Crippen LogP contribution in [-0.4, -0.2) is 11.4 Å². The van der Waals surface area contributed by atoms with Gasteiger partial charge in [-0.2, -0.15) is 5.26 Å². The van der Waals surface area contributed by atoms with Crippen molar-refractivity contribution in [3.8, 4) is 6.07 Å². The highest BCUT2D eigenvalue weighted by Gasteiger charge is 2.33. The summed E-state index contributed by atoms with van der Waals surface area (Å²) in [6.07, 6.45) is 5.29. The molecule has 2 rings (SSSR count). The van der Waals surface area contributed by atoms with Gasteiger partial charge in [0.25, 0.3) is 5.91 Å². The van der Waals surface area contributed by atoms with Gasteiger partial charge >= 0.3 is 0 Å². The molecule has 0 saturated heterocycles. The number of carbonyl (C=O) groups excluding carboxylic acids is 1. The summed E-state index contributed by atoms with van der Waals surface area (Å²) in [6.45, 7) is 1.77. The number of hydrogen-bond donors (Lipinski definition) is 1. The fourth-order valence-corrected chi connectivity index (χ4v) is 2.69. The van der Waals surface area contributed by atoms with E-state index in [0.29, 0.717) is 12.8 Å². The lowest BCUT2D eigenvalue weighted by atomic mass is 9.91. The van der Waals surface area contributed by atoms with E-state index in [1.54, 1.807) is 13.0 Å². The van der Waals surface area contributed by atoms with Crippen molar-refractivity contribution in [2.45, 2.75) is 51.0 Å². The Morgan fingerprint density at radius 2 is 1.95 bits per heavy atom. The molecular formula is C16H19FN2O. The first-order valence-corrected chi connectivity index (χ1v) is 7.06. The van der Waals surface area contributed by atoms with Gasteiger partial charge in [0, 0.05) is 0 Å². The second-order valence-electron chi connectivity index (χ2n) is 5.55. The van der Waals surface area contributed by atoms with Crippen molar-refractivity contribution in [3.05, 3.63) is 35.1 Å². The van der Waals surface area contributed by atoms with E-state index in [2.05, 4.69) is 11.4 Å². The fraction of sp³-hybridized carbons (Fsp3) is 0.500. The van der Waals surface area contributed by atoms with E-state index in [0.717, 1.165) is 31.2 Å². The largest absolute Gasteiger partial charge is 0.334 e. The van der Waals surface area contributed by atoms with E-state index in [4.69, 9.17) is 0 Å². The van der Waals surface area contributed by atoms with Gasteiger partial charge in [-0.15, -0.1) is 0 Å². The molecule has 1 N–H and O–H groups in total. The van der Waals surface area contributed by atoms with E-state index >= 15 is 0 Å². The summed E-state index contributed by atoms with van der Waals surface area (Å²) in [6, 6.07) is 6.74. The maximum atomic E-state index is 13.8. The topological polar surface area (TPSA) is 52.9 Å². The molecule has 0 atom stereocenters. The van der Waals surface area contributed by atoms with Crippen LogP contribution in [0.15, 0.2) is 18.2 Å². The van der Waals surface area contributed by atoms with E-state index in [1.807, 2.05) is 0 Å². The predicted octanol–water partition coefficient (Wildman–Crippen LogP) is 3.48. The zero-order chi connectivity index (χ0) is 14.6. The van der Waals surface area contributed by atoms with Crippen LogP contribution in [-0.2, 0) is 0 Å². The van der Waals surface area contributed by atoms with Crippen LogP contribution >= 0.6 is 0 Å². The Hall–Kier alpha value is -1.89. The SMILES string of the molecule is Cc1ccc(C(=O)NC2(C#N)CCCCCC2)c(F)c1. The Balaban J connectivity index is 2.18. The summed E-state index contributed by atoms with van der Waals surface area (Å²) in [5.41, 5.74) is -0.0664. The van der Waals surface area contributed by atoms with E-state index in [1.165, 1.54) is 12.1 Å². The molecule has 0 aliphatic heterocycles. The molecule has 1 saturated carbocycles. The molecule has 1 aromatic carbocycles. The van der Waals surface area contributed by atoms with Crippen LogP contribution in [0.2, 0.25) is 0 Å². The average molecular weight is 274 g/mol. The zero-order valence-corrected chi connectivity index (χ0v) is 11.7. The minimum Gasteiger partial charge on any atom is -0.334 e. The lowest BCUT2D eigenvalue weighted by molar-refractivity contribution is 0.0909. The Bertz CT molecular complexity index is 540. The van der Waals surface area contributed by atoms with Crippen molar-refractivity contribution < 1.29 is 9.18 Å². The molecule has 20 heavy (non-hydrogen) atoms. The molecule has 0 aromatic heterocycles. The van der Waals surface area contributed by atoms with Crippen molar-refractivity contribution >= 4 is 5.91 Å². The van der Waals surface area contributed by atoms with Crippen molar-refractivity contribution in [3.63, 3.8) is 0 Å². The van der Waals surface area contributed by atoms with Crippen LogP contribution in [0.5, 0.6) is 0 Å². The number of rotatable bonds is 2. The molecule has 1 aliphatic carbocycles. The third-order valence-corrected chi connectivity index (χ3v) is 3.89. The number of benzene rings is 1. The third kappa shape index (κ3) is 3.16. The standard InChI is InChI=1S/C16H19FN2O/c1-12-6-7-13(14(17)10-12)15(20)19-16(11-18)8-4-2-3-5-9-16/h6-7,10H,2-5,8-9H2,1H3,(H,19,20). The second-order valence-corrected chi connectivity index (χ2v) is 5.55. The minimum absolute atomic E-state index is 0.00877. The van der Waals surface area contributed by atoms with Crippen molar-refractivity contribution in [2.24, 2.45) is 0 Å². The summed E-state index contributed by atoms with van der Waals surface area (Å²) < 4.78 is 13.8. The lowest BCUT2D eigenvalue weighted by Gasteiger charge is -2.26. The van der Waals surface area contributed by atoms with Crippen LogP contribution in [0, 0.1) is 24.1 Å². The zero-order valence-electron chi connectivity index (χ0n) is 11.7. The summed E-state index contributed by atoms with van der Waals surface area (Å²) >= 11 is 0. The molecule has 0 spiro atoms. The first-order chi connectivity index (χ1) is 9.56. The number of nitrogens with zero attached hydrogens (tertiary/aromatic N) is 1. The first kappa shape index (κ1) is 14.5. The molecule has 3 nitrogen and oxygen atoms in total. The fourth-order valence-electron chi connectivity index (χ4n) is 2.69. The normalized spacial score (nSPS) is 17.9. The molecule has 1 fully saturated rings. The van der Waals surface area contributed by atoms with Crippen molar-refractivity contribution in [1.82, 2.24) is 5.32 Å². The molecule has 0 bridgehead atoms. The molecule has 0 unspecified atom stereocenters. The van der Waals surface area contributed by atoms with E-state index < -0.39 is 17.3 Å². The summed E-state index contributed by atoms with van der Waals surface area (Å²) in [7, 11) is 0. The minimum atomic E-state index is -0.842. The third-order valence-electron chi connectivity index (χ3n) is 3.89. The number of aryl methyl sites for hydroxylation is 1. The maximum absolute atomic E-state index is 13.8. The molecule has 1 aromatic rings. The highest BCUT2D eigenvalue weighted by atomic mass is 19.1. The van der Waals surface area contributed by atoms with Gasteiger partial charge in [-0.25, -0.2) is 4.39 Å². The molecular weight excluding hydrogens is 255 g/mol. The molecule has 0 heterocycles. The Kier molecular flexibility index (Phi) is 4.39. The summed E-state index contributed by atoms with van der Waals surface area (Å²) in [5, 5.41) is 12.2. The number of amides is 1. The van der Waals surface area contributed by atoms with Gasteiger partial charge in [-0.05, 0) is 37.5 Å². The quantitative estimate of drug-likeness (QED) is 0.839. The van der Waals surface area contributed by atoms with Crippen LogP contribution in [0.1, 0.15) is 54.4 Å². The summed E-state index contributed by atoms with van der Waals surface area (Å²) in [5.74, 6) is -1.03. The molecule has 106 valence electrons. The van der Waals surface area contributed by atoms with Crippen molar-refractivity contribution in [2.75, 3.05) is 0 Å². The van der Waals surface area contributed by atoms with Gasteiger partial charge in [0.05, 0.1) is 11.6 Å². The van der Waals surface area contributed by atoms with E-state index in [-0.39, 0.29) is 5.56 Å². The van der Waals surface area contributed by atoms with Crippen LogP contribution in [0.25, 0.3) is 0 Å². The lowest BCUT2D eigenvalue weighted by Crippen LogP contribution is -2.47. The van der Waals surface area contributed by atoms with Gasteiger partial charge in [-0.3, -0.25) is 4.79 Å². The van der Waals surface area contributed by atoms with Crippen molar-refractivity contribution in [1.29, 1.82) is 5.26 Å². The van der Waals surface area contributed by atoms with Crippen LogP contribution in [0.4, 0.5) is 4.39 Å². The highest BCUT2D eigenvalue weighted by molar-refractivity contribution is 5.95. The van der Waals surface area contributed by atoms with Gasteiger partial charge < -0.3 is 5.32 Å². The monoisotopic (exact) mass is 274 g/mol. The number of carbonyl (C=O) groups is 1. The second kappa shape index (κ2) is 6.04. The van der Waals surface area contributed by atoms with E-state index in [9.17, 15) is 14.4 Å². The Morgan fingerprint density at radius 3 is 2.50 bits per heavy atom. The van der Waals surface area contributed by atoms with Gasteiger partial charge in [0.1, 0.15) is 11.4 Å². The first-order valence-electron chi connectivity index (χ1n) is 7.06. The van der Waals surface area contributed by atoms with Crippen LogP contribution < -0.4 is 5.32 Å². The molecule has 1 amide bonds. The number of halogens is 1. The number of nitriles is 1. The maximum Gasteiger partial charge on any atom is 0.255 e. The average Bonchev–Trinajstić information content (AvgIpc) is 2.64. The molecule has 0 radical (unpaired) electrons. The van der Waals surface area contributed by atoms with Gasteiger partial charge in [0.2, 0.25) is 0 Å². The van der Waals surface area contributed by atoms with Gasteiger partial charge in [-0.1, -0.05) is 31.7 Å². The molecule has 4 heteroatoms. The smallest absolute Gasteiger partial charge is 0.255 e. The van der Waals surface area contributed by atoms with Crippen LogP contribution in [0.3, 0.4) is 0 Å². The Labute approximate surface area is 118 Å².